The van der Waals surface area contributed by atoms with Crippen molar-refractivity contribution in [1.82, 2.24) is 4.90 Å². The van der Waals surface area contributed by atoms with Crippen LogP contribution in [0.25, 0.3) is 11.1 Å². The summed E-state index contributed by atoms with van der Waals surface area (Å²) in [5.41, 5.74) is 2.35. The van der Waals surface area contributed by atoms with Gasteiger partial charge in [0.15, 0.2) is 9.84 Å². The number of hydrogen-bond donors (Lipinski definition) is 1. The Morgan fingerprint density at radius 2 is 1.71 bits per heavy atom. The summed E-state index contributed by atoms with van der Waals surface area (Å²) >= 11 is 0. The number of carboxylic acids is 1. The molecule has 0 spiro atoms. The lowest BCUT2D eigenvalue weighted by Crippen LogP contribution is -2.59. The second-order valence-electron chi connectivity index (χ2n) is 8.08. The number of nitrogens with zero attached hydrogens (tertiary/aromatic N) is 1. The fourth-order valence-corrected chi connectivity index (χ4v) is 6.74. The Morgan fingerprint density at radius 3 is 2.29 bits per heavy atom. The van der Waals surface area contributed by atoms with E-state index in [-0.39, 0.29) is 38.0 Å². The van der Waals surface area contributed by atoms with Gasteiger partial charge in [-0.3, -0.25) is 0 Å². The number of ether oxygens (including phenoxy) is 2. The summed E-state index contributed by atoms with van der Waals surface area (Å²) in [6, 6.07) is 15.8. The van der Waals surface area contributed by atoms with E-state index in [0.717, 1.165) is 27.2 Å². The summed E-state index contributed by atoms with van der Waals surface area (Å²) in [5, 5.41) is 8.38. The van der Waals surface area contributed by atoms with Crippen molar-refractivity contribution in [3.63, 3.8) is 0 Å². The highest BCUT2D eigenvalue weighted by Crippen LogP contribution is 2.44. The van der Waals surface area contributed by atoms with E-state index in [2.05, 4.69) is 0 Å². The first-order valence-electron chi connectivity index (χ1n) is 10.0. The Balaban J connectivity index is 1.36. The lowest BCUT2D eigenvalue weighted by Gasteiger charge is -2.33. The molecule has 2 aromatic rings. The number of carbonyl (C=O) groups excluding carboxylic acids is 1. The molecular weight excluding hydrogens is 422 g/mol. The Labute approximate surface area is 179 Å². The molecule has 31 heavy (non-hydrogen) atoms. The van der Waals surface area contributed by atoms with Crippen LogP contribution in [-0.4, -0.2) is 73.4 Å². The number of hydrogen-bond acceptors (Lipinski definition) is 6. The summed E-state index contributed by atoms with van der Waals surface area (Å²) in [4.78, 5) is 25.8. The monoisotopic (exact) mass is 443 g/mol. The summed E-state index contributed by atoms with van der Waals surface area (Å²) in [6.07, 6.45) is -0.740. The van der Waals surface area contributed by atoms with Crippen LogP contribution in [0.15, 0.2) is 48.5 Å². The van der Waals surface area contributed by atoms with Crippen molar-refractivity contribution in [2.45, 2.75) is 16.8 Å². The van der Waals surface area contributed by atoms with E-state index in [0.29, 0.717) is 0 Å². The van der Waals surface area contributed by atoms with Crippen molar-refractivity contribution < 1.29 is 32.6 Å². The molecule has 2 atom stereocenters. The van der Waals surface area contributed by atoms with Gasteiger partial charge in [0.1, 0.15) is 11.9 Å². The maximum atomic E-state index is 12.8. The average Bonchev–Trinajstić information content (AvgIpc) is 3.31. The highest BCUT2D eigenvalue weighted by Gasteiger charge is 2.62. The van der Waals surface area contributed by atoms with Gasteiger partial charge < -0.3 is 19.5 Å². The third-order valence-electron chi connectivity index (χ3n) is 6.45. The summed E-state index contributed by atoms with van der Waals surface area (Å²) in [6.45, 7) is -0.750. The molecule has 1 N–H and O–H groups in total. The van der Waals surface area contributed by atoms with Crippen molar-refractivity contribution in [2.75, 3.05) is 32.1 Å². The number of aliphatic carboxylic acids is 1. The van der Waals surface area contributed by atoms with Crippen LogP contribution in [0.4, 0.5) is 4.79 Å². The molecule has 162 valence electrons. The van der Waals surface area contributed by atoms with Gasteiger partial charge in [0.25, 0.3) is 0 Å². The molecule has 1 aliphatic carbocycles. The van der Waals surface area contributed by atoms with Gasteiger partial charge in [-0.25, -0.2) is 18.0 Å². The third-order valence-corrected chi connectivity index (χ3v) is 8.58. The lowest BCUT2D eigenvalue weighted by atomic mass is 9.98. The summed E-state index contributed by atoms with van der Waals surface area (Å²) in [7, 11) is -3.70. The topological polar surface area (TPSA) is 110 Å². The van der Waals surface area contributed by atoms with Gasteiger partial charge in [-0.1, -0.05) is 48.5 Å². The van der Waals surface area contributed by atoms with Crippen LogP contribution >= 0.6 is 0 Å². The zero-order valence-corrected chi connectivity index (χ0v) is 17.4. The second-order valence-corrected chi connectivity index (χ2v) is 10.4. The molecule has 2 aromatic carbocycles. The zero-order chi connectivity index (χ0) is 21.8. The number of fused-ring (bicyclic) bond motifs is 4. The predicted octanol–water partition coefficient (Wildman–Crippen LogP) is 1.89. The number of carbonyl (C=O) groups is 2. The third kappa shape index (κ3) is 3.02. The Hall–Kier alpha value is -2.91. The molecule has 8 nitrogen and oxygen atoms in total. The minimum atomic E-state index is -3.70. The minimum Gasteiger partial charge on any atom is -0.479 e. The molecule has 0 bridgehead atoms. The molecule has 5 rings (SSSR count). The van der Waals surface area contributed by atoms with E-state index in [4.69, 9.17) is 9.47 Å². The number of rotatable bonds is 3. The first kappa shape index (κ1) is 20.0. The van der Waals surface area contributed by atoms with Gasteiger partial charge in [-0.05, 0) is 22.3 Å². The molecule has 3 aliphatic rings. The van der Waals surface area contributed by atoms with Crippen LogP contribution in [0.1, 0.15) is 17.0 Å². The standard InChI is InChI=1S/C22H21NO7S/c24-20(25)22-13-23(11-19(22)31(27,28)10-9-30-22)21(26)29-12-18-16-7-3-1-5-14(16)15-6-2-4-8-17(15)18/h1-8,18-19H,9-13H2,(H,24,25)/t19-,22+/m1/s1. The van der Waals surface area contributed by atoms with Crippen LogP contribution in [0, 0.1) is 0 Å². The van der Waals surface area contributed by atoms with Crippen LogP contribution in [0.2, 0.25) is 0 Å². The zero-order valence-electron chi connectivity index (χ0n) is 16.6. The second kappa shape index (κ2) is 7.06. The highest BCUT2D eigenvalue weighted by molar-refractivity contribution is 7.92. The quantitative estimate of drug-likeness (QED) is 0.771. The molecule has 2 fully saturated rings. The van der Waals surface area contributed by atoms with Crippen molar-refractivity contribution in [2.24, 2.45) is 0 Å². The maximum Gasteiger partial charge on any atom is 0.409 e. The minimum absolute atomic E-state index is 0.0711. The number of likely N-dealkylation sites (tertiary alicyclic amines) is 1. The first-order valence-corrected chi connectivity index (χ1v) is 11.7. The van der Waals surface area contributed by atoms with Gasteiger partial charge in [0, 0.05) is 12.5 Å². The number of amides is 1. The Morgan fingerprint density at radius 1 is 1.10 bits per heavy atom. The van der Waals surface area contributed by atoms with Gasteiger partial charge in [0.05, 0.1) is 18.9 Å². The van der Waals surface area contributed by atoms with Crippen LogP contribution in [0.5, 0.6) is 0 Å². The molecule has 0 radical (unpaired) electrons. The van der Waals surface area contributed by atoms with E-state index >= 15 is 0 Å². The number of benzene rings is 2. The van der Waals surface area contributed by atoms with Crippen molar-refractivity contribution in [3.05, 3.63) is 59.7 Å². The summed E-state index contributed by atoms with van der Waals surface area (Å²) in [5.74, 6) is -1.78. The van der Waals surface area contributed by atoms with Gasteiger partial charge in [-0.15, -0.1) is 0 Å². The molecule has 2 saturated heterocycles. The number of sulfone groups is 1. The first-order chi connectivity index (χ1) is 14.8. The van der Waals surface area contributed by atoms with E-state index in [9.17, 15) is 23.1 Å². The van der Waals surface area contributed by atoms with E-state index in [1.807, 2.05) is 48.5 Å². The molecule has 2 aliphatic heterocycles. The average molecular weight is 443 g/mol. The maximum absolute atomic E-state index is 12.8. The summed E-state index contributed by atoms with van der Waals surface area (Å²) < 4.78 is 35.9. The molecule has 0 unspecified atom stereocenters. The Kier molecular flexibility index (Phi) is 4.56. The van der Waals surface area contributed by atoms with Gasteiger partial charge in [0.2, 0.25) is 5.60 Å². The Bertz CT molecular complexity index is 1130. The smallest absolute Gasteiger partial charge is 0.409 e. The van der Waals surface area contributed by atoms with Crippen molar-refractivity contribution in [1.29, 1.82) is 0 Å². The van der Waals surface area contributed by atoms with Gasteiger partial charge in [-0.2, -0.15) is 0 Å². The molecular formula is C22H21NO7S. The van der Waals surface area contributed by atoms with Crippen molar-refractivity contribution in [3.8, 4) is 11.1 Å². The molecule has 0 aromatic heterocycles. The molecule has 2 heterocycles. The molecule has 0 saturated carbocycles. The molecule has 9 heteroatoms. The van der Waals surface area contributed by atoms with E-state index in [1.54, 1.807) is 0 Å². The highest BCUT2D eigenvalue weighted by atomic mass is 32.2. The SMILES string of the molecule is O=C(OCC1c2ccccc2-c2ccccc21)N1C[C@@H]2[C@](C(=O)O)(C1)OCCS2(=O)=O. The van der Waals surface area contributed by atoms with E-state index < -0.39 is 32.8 Å². The van der Waals surface area contributed by atoms with Crippen molar-refractivity contribution >= 4 is 21.9 Å². The van der Waals surface area contributed by atoms with Crippen LogP contribution in [0.3, 0.4) is 0 Å². The van der Waals surface area contributed by atoms with Crippen LogP contribution in [-0.2, 0) is 24.1 Å². The van der Waals surface area contributed by atoms with E-state index in [1.165, 1.54) is 0 Å². The van der Waals surface area contributed by atoms with Gasteiger partial charge >= 0.3 is 12.1 Å². The predicted molar refractivity (Wildman–Crippen MR) is 111 cm³/mol. The fraction of sp³-hybridized carbons (Fsp3) is 0.364. The molecule has 1 amide bonds. The largest absolute Gasteiger partial charge is 0.479 e. The lowest BCUT2D eigenvalue weighted by molar-refractivity contribution is -0.163. The normalized spacial score (nSPS) is 26.1. The fourth-order valence-electron chi connectivity index (χ4n) is 4.91. The van der Waals surface area contributed by atoms with Crippen LogP contribution < -0.4 is 0 Å². The number of carboxylic acid groups (broad SMARTS) is 1.